The number of carbonyl (C=O) groups is 1. The van der Waals surface area contributed by atoms with Crippen LogP contribution in [-0.2, 0) is 14.8 Å². The van der Waals surface area contributed by atoms with Gasteiger partial charge in [0.2, 0.25) is 15.9 Å². The van der Waals surface area contributed by atoms with Gasteiger partial charge in [-0.3, -0.25) is 4.79 Å². The van der Waals surface area contributed by atoms with Gasteiger partial charge < -0.3 is 5.32 Å². The van der Waals surface area contributed by atoms with Crippen LogP contribution >= 0.6 is 11.6 Å². The van der Waals surface area contributed by atoms with Gasteiger partial charge in [-0.25, -0.2) is 8.42 Å². The average Bonchev–Trinajstić information content (AvgIpc) is 2.54. The van der Waals surface area contributed by atoms with Gasteiger partial charge in [0, 0.05) is 25.0 Å². The number of halogens is 1. The lowest BCUT2D eigenvalue weighted by molar-refractivity contribution is -0.124. The number of carbonyl (C=O) groups excluding carboxylic acids is 1. The SMILES string of the molecule is CC(C)C(=O)NC1CCCN(S(=O)(=O)c2cccc(Cl)c2C#N)C1. The summed E-state index contributed by atoms with van der Waals surface area (Å²) in [6.07, 6.45) is 1.37. The van der Waals surface area contributed by atoms with Gasteiger partial charge in [-0.2, -0.15) is 9.57 Å². The molecule has 0 bridgehead atoms. The fourth-order valence-electron chi connectivity index (χ4n) is 2.61. The third-order valence-corrected chi connectivity index (χ3v) is 6.18. The second kappa shape index (κ2) is 7.51. The minimum Gasteiger partial charge on any atom is -0.352 e. The Morgan fingerprint density at radius 3 is 2.79 bits per heavy atom. The van der Waals surface area contributed by atoms with E-state index >= 15 is 0 Å². The molecule has 1 fully saturated rings. The van der Waals surface area contributed by atoms with Gasteiger partial charge in [-0.05, 0) is 25.0 Å². The van der Waals surface area contributed by atoms with E-state index in [1.165, 1.54) is 22.5 Å². The number of hydrogen-bond acceptors (Lipinski definition) is 4. The van der Waals surface area contributed by atoms with E-state index in [9.17, 15) is 18.5 Å². The van der Waals surface area contributed by atoms with Gasteiger partial charge >= 0.3 is 0 Å². The second-order valence-corrected chi connectivity index (χ2v) is 8.40. The molecule has 24 heavy (non-hydrogen) atoms. The molecular formula is C16H20ClN3O3S. The van der Waals surface area contributed by atoms with Crippen molar-refractivity contribution in [3.63, 3.8) is 0 Å². The highest BCUT2D eigenvalue weighted by molar-refractivity contribution is 7.89. The van der Waals surface area contributed by atoms with Crippen molar-refractivity contribution in [2.75, 3.05) is 13.1 Å². The van der Waals surface area contributed by atoms with E-state index in [0.717, 1.165) is 6.42 Å². The van der Waals surface area contributed by atoms with Crippen molar-refractivity contribution in [1.82, 2.24) is 9.62 Å². The third kappa shape index (κ3) is 3.89. The minimum absolute atomic E-state index is 0.0486. The molecule has 6 nitrogen and oxygen atoms in total. The lowest BCUT2D eigenvalue weighted by Gasteiger charge is -2.33. The normalized spacial score (nSPS) is 19.0. The molecule has 0 aromatic heterocycles. The van der Waals surface area contributed by atoms with Crippen molar-refractivity contribution < 1.29 is 13.2 Å². The van der Waals surface area contributed by atoms with E-state index < -0.39 is 10.0 Å². The third-order valence-electron chi connectivity index (χ3n) is 3.96. The van der Waals surface area contributed by atoms with Gasteiger partial charge in [0.25, 0.3) is 0 Å². The Kier molecular flexibility index (Phi) is 5.86. The first-order chi connectivity index (χ1) is 11.3. The summed E-state index contributed by atoms with van der Waals surface area (Å²) in [6, 6.07) is 6.02. The monoisotopic (exact) mass is 369 g/mol. The Hall–Kier alpha value is -1.62. The largest absolute Gasteiger partial charge is 0.352 e. The number of nitrogens with zero attached hydrogens (tertiary/aromatic N) is 2. The molecule has 1 aliphatic rings. The van der Waals surface area contributed by atoms with Crippen molar-refractivity contribution in [2.45, 2.75) is 37.6 Å². The highest BCUT2D eigenvalue weighted by Gasteiger charge is 2.33. The molecule has 0 spiro atoms. The van der Waals surface area contributed by atoms with Crippen LogP contribution in [0, 0.1) is 17.2 Å². The lowest BCUT2D eigenvalue weighted by atomic mass is 10.1. The maximum atomic E-state index is 12.9. The molecule has 1 aromatic carbocycles. The summed E-state index contributed by atoms with van der Waals surface area (Å²) < 4.78 is 27.1. The first kappa shape index (κ1) is 18.7. The van der Waals surface area contributed by atoms with Crippen molar-refractivity contribution in [3.8, 4) is 6.07 Å². The fourth-order valence-corrected chi connectivity index (χ4v) is 4.57. The molecule has 8 heteroatoms. The Morgan fingerprint density at radius 1 is 1.46 bits per heavy atom. The predicted octanol–water partition coefficient (Wildman–Crippen LogP) is 2.14. The average molecular weight is 370 g/mol. The van der Waals surface area contributed by atoms with Gasteiger partial charge in [-0.1, -0.05) is 31.5 Å². The van der Waals surface area contributed by atoms with E-state index in [0.29, 0.717) is 13.0 Å². The lowest BCUT2D eigenvalue weighted by Crippen LogP contribution is -2.50. The van der Waals surface area contributed by atoms with Crippen LogP contribution in [0.2, 0.25) is 5.02 Å². The summed E-state index contributed by atoms with van der Waals surface area (Å²) in [5.74, 6) is -0.255. The summed E-state index contributed by atoms with van der Waals surface area (Å²) in [4.78, 5) is 11.8. The van der Waals surface area contributed by atoms with Crippen molar-refractivity contribution in [2.24, 2.45) is 5.92 Å². The molecule has 2 rings (SSSR count). The van der Waals surface area contributed by atoms with Crippen molar-refractivity contribution in [3.05, 3.63) is 28.8 Å². The molecule has 1 heterocycles. The van der Waals surface area contributed by atoms with Crippen LogP contribution in [0.5, 0.6) is 0 Å². The highest BCUT2D eigenvalue weighted by atomic mass is 35.5. The Morgan fingerprint density at radius 2 is 2.17 bits per heavy atom. The van der Waals surface area contributed by atoms with Crippen LogP contribution in [0.25, 0.3) is 0 Å². The van der Waals surface area contributed by atoms with E-state index in [2.05, 4.69) is 5.32 Å². The molecule has 1 unspecified atom stereocenters. The number of sulfonamides is 1. The number of amides is 1. The fraction of sp³-hybridized carbons (Fsp3) is 0.500. The summed E-state index contributed by atoms with van der Waals surface area (Å²) in [5.41, 5.74) is -0.0486. The molecule has 0 radical (unpaired) electrons. The van der Waals surface area contributed by atoms with E-state index in [-0.39, 0.29) is 39.9 Å². The summed E-state index contributed by atoms with van der Waals surface area (Å²) in [7, 11) is -3.84. The predicted molar refractivity (Wildman–Crippen MR) is 90.9 cm³/mol. The molecule has 1 aliphatic heterocycles. The van der Waals surface area contributed by atoms with E-state index in [1.807, 2.05) is 6.07 Å². The van der Waals surface area contributed by atoms with Crippen LogP contribution in [-0.4, -0.2) is 37.8 Å². The van der Waals surface area contributed by atoms with Crippen LogP contribution in [0.3, 0.4) is 0 Å². The van der Waals surface area contributed by atoms with E-state index in [4.69, 9.17) is 11.6 Å². The van der Waals surface area contributed by atoms with Crippen LogP contribution in [0.1, 0.15) is 32.3 Å². The first-order valence-electron chi connectivity index (χ1n) is 7.76. The maximum absolute atomic E-state index is 12.9. The number of nitriles is 1. The number of rotatable bonds is 4. The molecule has 0 aliphatic carbocycles. The topological polar surface area (TPSA) is 90.3 Å². The van der Waals surface area contributed by atoms with E-state index in [1.54, 1.807) is 13.8 Å². The van der Waals surface area contributed by atoms with Crippen LogP contribution in [0.4, 0.5) is 0 Å². The number of piperidine rings is 1. The quantitative estimate of drug-likeness (QED) is 0.880. The second-order valence-electron chi connectivity index (χ2n) is 6.09. The molecule has 1 amide bonds. The first-order valence-corrected chi connectivity index (χ1v) is 9.58. The Bertz CT molecular complexity index is 771. The summed E-state index contributed by atoms with van der Waals surface area (Å²) in [6.45, 7) is 4.13. The molecule has 1 N–H and O–H groups in total. The van der Waals surface area contributed by atoms with Crippen molar-refractivity contribution >= 4 is 27.5 Å². The zero-order chi connectivity index (χ0) is 17.9. The van der Waals surface area contributed by atoms with Gasteiger partial charge in [-0.15, -0.1) is 0 Å². The standard InChI is InChI=1S/C16H20ClN3O3S/c1-11(2)16(21)19-12-5-4-8-20(10-12)24(22,23)15-7-3-6-14(17)13(15)9-18/h3,6-7,11-12H,4-5,8,10H2,1-2H3,(H,19,21). The van der Waals surface area contributed by atoms with Crippen LogP contribution in [0.15, 0.2) is 23.1 Å². The molecular weight excluding hydrogens is 350 g/mol. The molecule has 1 atom stereocenters. The van der Waals surface area contributed by atoms with Crippen molar-refractivity contribution in [1.29, 1.82) is 5.26 Å². The summed E-state index contributed by atoms with van der Waals surface area (Å²) >= 11 is 5.94. The zero-order valence-corrected chi connectivity index (χ0v) is 15.2. The Balaban J connectivity index is 2.26. The number of hydrogen-bond donors (Lipinski definition) is 1. The van der Waals surface area contributed by atoms with Crippen LogP contribution < -0.4 is 5.32 Å². The highest BCUT2D eigenvalue weighted by Crippen LogP contribution is 2.27. The minimum atomic E-state index is -3.84. The molecule has 0 saturated carbocycles. The number of benzene rings is 1. The molecule has 130 valence electrons. The maximum Gasteiger partial charge on any atom is 0.244 e. The smallest absolute Gasteiger partial charge is 0.244 e. The zero-order valence-electron chi connectivity index (χ0n) is 13.6. The van der Waals surface area contributed by atoms with Gasteiger partial charge in [0.15, 0.2) is 0 Å². The summed E-state index contributed by atoms with van der Waals surface area (Å²) in [5, 5.41) is 12.2. The number of nitrogens with one attached hydrogen (secondary N) is 1. The van der Waals surface area contributed by atoms with Gasteiger partial charge in [0.1, 0.15) is 11.0 Å². The molecule has 1 saturated heterocycles. The Labute approximate surface area is 147 Å². The molecule has 1 aromatic rings. The van der Waals surface area contributed by atoms with Gasteiger partial charge in [0.05, 0.1) is 10.6 Å².